The maximum Gasteiger partial charge on any atom is 0.509 e. The number of benzene rings is 1. The molecule has 136 valence electrons. The Kier molecular flexibility index (Phi) is 7.40. The van der Waals surface area contributed by atoms with Crippen LogP contribution in [0.2, 0.25) is 0 Å². The molecule has 5 heteroatoms. The van der Waals surface area contributed by atoms with Crippen LogP contribution in [-0.4, -0.2) is 24.9 Å². The molecule has 1 aromatic carbocycles. The van der Waals surface area contributed by atoms with Crippen LogP contribution in [0.5, 0.6) is 5.75 Å². The Bertz CT molecular complexity index is 515. The number of carbonyl (C=O) groups excluding carboxylic acids is 1. The van der Waals surface area contributed by atoms with Gasteiger partial charge in [0.1, 0.15) is 19.0 Å². The number of halogens is 1. The van der Waals surface area contributed by atoms with Crippen LogP contribution in [0.1, 0.15) is 53.5 Å². The summed E-state index contributed by atoms with van der Waals surface area (Å²) in [6.07, 6.45) is 0.301. The molecule has 0 aliphatic heterocycles. The van der Waals surface area contributed by atoms with E-state index in [0.717, 1.165) is 12.2 Å². The van der Waals surface area contributed by atoms with E-state index in [2.05, 4.69) is 51.5 Å². The monoisotopic (exact) mass is 356 g/mol. The molecule has 4 nitrogen and oxygen atoms in total. The molecular weight excluding hydrogens is 328 g/mol. The molecule has 1 aromatic rings. The summed E-state index contributed by atoms with van der Waals surface area (Å²) in [6, 6.07) is 8.06. The Balaban J connectivity index is 2.46. The van der Waals surface area contributed by atoms with E-state index in [1.807, 2.05) is 12.1 Å². The molecule has 0 aliphatic rings. The molecule has 0 aromatic heterocycles. The Labute approximate surface area is 150 Å². The second kappa shape index (κ2) is 8.61. The average Bonchev–Trinajstić information content (AvgIpc) is 2.41. The number of hydrogen-bond donors (Lipinski definition) is 0. The third-order valence-corrected chi connectivity index (χ3v) is 3.53. The van der Waals surface area contributed by atoms with Crippen molar-refractivity contribution in [3.63, 3.8) is 0 Å². The van der Waals surface area contributed by atoms with Gasteiger partial charge in [-0.1, -0.05) is 58.4 Å². The van der Waals surface area contributed by atoms with Crippen LogP contribution in [0.3, 0.4) is 0 Å². The molecule has 0 saturated heterocycles. The van der Waals surface area contributed by atoms with E-state index in [9.17, 15) is 4.79 Å². The molecule has 0 fully saturated rings. The molecule has 0 saturated carbocycles. The first-order valence-electron chi connectivity index (χ1n) is 8.20. The van der Waals surface area contributed by atoms with Gasteiger partial charge in [0.25, 0.3) is 0 Å². The zero-order valence-corrected chi connectivity index (χ0v) is 16.3. The van der Waals surface area contributed by atoms with E-state index >= 15 is 0 Å². The van der Waals surface area contributed by atoms with Gasteiger partial charge in [0.2, 0.25) is 0 Å². The highest BCUT2D eigenvalue weighted by molar-refractivity contribution is 6.19. The van der Waals surface area contributed by atoms with Gasteiger partial charge < -0.3 is 14.2 Å². The fourth-order valence-corrected chi connectivity index (χ4v) is 2.95. The third kappa shape index (κ3) is 7.91. The van der Waals surface area contributed by atoms with Gasteiger partial charge in [-0.3, -0.25) is 0 Å². The van der Waals surface area contributed by atoms with Gasteiger partial charge in [-0.05, 0) is 41.9 Å². The first-order chi connectivity index (χ1) is 11.0. The summed E-state index contributed by atoms with van der Waals surface area (Å²) in [5.74, 6) is 0.744. The SMILES string of the molecule is CC(Cl)OC(=O)OCCOc1ccc(C(C)(C)CC(C)(C)C)cc1. The summed E-state index contributed by atoms with van der Waals surface area (Å²) in [5, 5.41) is 0. The van der Waals surface area contributed by atoms with Crippen LogP contribution >= 0.6 is 11.6 Å². The fourth-order valence-electron chi connectivity index (χ4n) is 2.88. The van der Waals surface area contributed by atoms with E-state index in [1.54, 1.807) is 6.92 Å². The van der Waals surface area contributed by atoms with Crippen LogP contribution in [0.25, 0.3) is 0 Å². The van der Waals surface area contributed by atoms with E-state index in [1.165, 1.54) is 5.56 Å². The summed E-state index contributed by atoms with van der Waals surface area (Å²) in [4.78, 5) is 11.1. The molecule has 24 heavy (non-hydrogen) atoms. The highest BCUT2D eigenvalue weighted by atomic mass is 35.5. The Morgan fingerprint density at radius 2 is 1.67 bits per heavy atom. The minimum absolute atomic E-state index is 0.0991. The summed E-state index contributed by atoms with van der Waals surface area (Å²) >= 11 is 5.52. The van der Waals surface area contributed by atoms with Gasteiger partial charge in [-0.25, -0.2) is 4.79 Å². The topological polar surface area (TPSA) is 44.8 Å². The predicted octanol–water partition coefficient (Wildman–Crippen LogP) is 5.52. The lowest BCUT2D eigenvalue weighted by molar-refractivity contribution is 0.0411. The highest BCUT2D eigenvalue weighted by Crippen LogP contribution is 2.36. The first-order valence-corrected chi connectivity index (χ1v) is 8.64. The normalized spacial score (nSPS) is 13.3. The molecule has 0 aliphatic carbocycles. The second-order valence-electron chi connectivity index (χ2n) is 7.75. The van der Waals surface area contributed by atoms with Crippen molar-refractivity contribution in [1.29, 1.82) is 0 Å². The van der Waals surface area contributed by atoms with Gasteiger partial charge >= 0.3 is 6.16 Å². The van der Waals surface area contributed by atoms with Crippen molar-refractivity contribution in [3.05, 3.63) is 29.8 Å². The number of ether oxygens (including phenoxy) is 3. The lowest BCUT2D eigenvalue weighted by Gasteiger charge is -2.33. The van der Waals surface area contributed by atoms with Crippen LogP contribution in [0.4, 0.5) is 4.79 Å². The summed E-state index contributed by atoms with van der Waals surface area (Å²) in [5.41, 5.74) is 0.940. The van der Waals surface area contributed by atoms with Crippen molar-refractivity contribution in [2.24, 2.45) is 5.41 Å². The van der Waals surface area contributed by atoms with Crippen molar-refractivity contribution in [1.82, 2.24) is 0 Å². The van der Waals surface area contributed by atoms with Crippen LogP contribution in [0.15, 0.2) is 24.3 Å². The number of rotatable bonds is 7. The minimum atomic E-state index is -0.791. The number of carbonyl (C=O) groups is 1. The van der Waals surface area contributed by atoms with Crippen molar-refractivity contribution >= 4 is 17.8 Å². The molecule has 1 unspecified atom stereocenters. The van der Waals surface area contributed by atoms with Crippen molar-refractivity contribution in [2.75, 3.05) is 13.2 Å². The fraction of sp³-hybridized carbons (Fsp3) is 0.632. The lowest BCUT2D eigenvalue weighted by Crippen LogP contribution is -2.24. The van der Waals surface area contributed by atoms with E-state index in [0.29, 0.717) is 0 Å². The Hall–Kier alpha value is -1.42. The van der Waals surface area contributed by atoms with Crippen molar-refractivity contribution < 1.29 is 19.0 Å². The maximum atomic E-state index is 11.1. The molecule has 0 N–H and O–H groups in total. The summed E-state index contributed by atoms with van der Waals surface area (Å²) < 4.78 is 15.0. The molecule has 0 radical (unpaired) electrons. The molecule has 0 heterocycles. The lowest BCUT2D eigenvalue weighted by atomic mass is 9.72. The predicted molar refractivity (Wildman–Crippen MR) is 96.8 cm³/mol. The largest absolute Gasteiger partial charge is 0.509 e. The molecule has 0 spiro atoms. The second-order valence-corrected chi connectivity index (χ2v) is 8.37. The van der Waals surface area contributed by atoms with Crippen molar-refractivity contribution in [3.8, 4) is 5.75 Å². The first kappa shape index (κ1) is 20.6. The molecule has 0 bridgehead atoms. The smallest absolute Gasteiger partial charge is 0.490 e. The molecule has 1 atom stereocenters. The molecule has 0 amide bonds. The summed E-state index contributed by atoms with van der Waals surface area (Å²) in [6.45, 7) is 13.2. The van der Waals surface area contributed by atoms with Gasteiger partial charge in [0.15, 0.2) is 5.56 Å². The third-order valence-electron chi connectivity index (χ3n) is 3.44. The highest BCUT2D eigenvalue weighted by Gasteiger charge is 2.27. The van der Waals surface area contributed by atoms with E-state index in [4.69, 9.17) is 21.1 Å². The standard InChI is InChI=1S/C19H29ClO4/c1-14(20)24-17(21)23-12-11-22-16-9-7-15(8-10-16)19(5,6)13-18(2,3)4/h7-10,14H,11-13H2,1-6H3. The van der Waals surface area contributed by atoms with E-state index < -0.39 is 11.7 Å². The zero-order chi connectivity index (χ0) is 18.4. The zero-order valence-electron chi connectivity index (χ0n) is 15.5. The van der Waals surface area contributed by atoms with Crippen LogP contribution in [-0.2, 0) is 14.9 Å². The Morgan fingerprint density at radius 3 is 2.17 bits per heavy atom. The average molecular weight is 357 g/mol. The number of alkyl halides is 1. The van der Waals surface area contributed by atoms with E-state index in [-0.39, 0.29) is 24.0 Å². The maximum absolute atomic E-state index is 11.1. The van der Waals surface area contributed by atoms with Gasteiger partial charge in [-0.2, -0.15) is 0 Å². The molecular formula is C19H29ClO4. The number of hydrogen-bond acceptors (Lipinski definition) is 4. The van der Waals surface area contributed by atoms with Crippen LogP contribution in [0, 0.1) is 5.41 Å². The van der Waals surface area contributed by atoms with Gasteiger partial charge in [-0.15, -0.1) is 0 Å². The van der Waals surface area contributed by atoms with Crippen LogP contribution < -0.4 is 4.74 Å². The van der Waals surface area contributed by atoms with Gasteiger partial charge in [0.05, 0.1) is 0 Å². The van der Waals surface area contributed by atoms with Crippen molar-refractivity contribution in [2.45, 2.75) is 58.9 Å². The van der Waals surface area contributed by atoms with Gasteiger partial charge in [0, 0.05) is 0 Å². The quantitative estimate of drug-likeness (QED) is 0.366. The molecule has 1 rings (SSSR count). The Morgan fingerprint density at radius 1 is 1.08 bits per heavy atom. The minimum Gasteiger partial charge on any atom is -0.490 e. The summed E-state index contributed by atoms with van der Waals surface area (Å²) in [7, 11) is 0.